The van der Waals surface area contributed by atoms with Crippen LogP contribution in [0.15, 0.2) is 42.5 Å². The number of methoxy groups -OCH3 is 1. The molecule has 1 N–H and O–H groups in total. The minimum Gasteiger partial charge on any atom is -0.493 e. The minimum absolute atomic E-state index is 0.0680. The van der Waals surface area contributed by atoms with Crippen LogP contribution in [-0.4, -0.2) is 19.1 Å². The SMILES string of the molecule is COc1cc(C=CC(=O)Nc2c(C)cccc2C)ccc1OC(C)C. The third-order valence-corrected chi connectivity index (χ3v) is 3.71. The van der Waals surface area contributed by atoms with Gasteiger partial charge in [-0.25, -0.2) is 0 Å². The zero-order valence-electron chi connectivity index (χ0n) is 15.4. The quantitative estimate of drug-likeness (QED) is 0.773. The van der Waals surface area contributed by atoms with Gasteiger partial charge in [0.2, 0.25) is 5.91 Å². The van der Waals surface area contributed by atoms with Gasteiger partial charge >= 0.3 is 0 Å². The number of ether oxygens (including phenoxy) is 2. The maximum Gasteiger partial charge on any atom is 0.248 e. The maximum absolute atomic E-state index is 12.2. The van der Waals surface area contributed by atoms with E-state index in [2.05, 4.69) is 5.32 Å². The van der Waals surface area contributed by atoms with Crippen LogP contribution in [0.4, 0.5) is 5.69 Å². The van der Waals surface area contributed by atoms with Crippen molar-refractivity contribution in [2.75, 3.05) is 12.4 Å². The lowest BCUT2D eigenvalue weighted by Crippen LogP contribution is -2.10. The topological polar surface area (TPSA) is 47.6 Å². The second kappa shape index (κ2) is 8.38. The number of hydrogen-bond acceptors (Lipinski definition) is 3. The molecule has 4 heteroatoms. The second-order valence-corrected chi connectivity index (χ2v) is 6.17. The summed E-state index contributed by atoms with van der Waals surface area (Å²) in [7, 11) is 1.60. The lowest BCUT2D eigenvalue weighted by Gasteiger charge is -2.13. The molecule has 2 aromatic carbocycles. The molecular formula is C21H25NO3. The first-order valence-corrected chi connectivity index (χ1v) is 8.30. The molecule has 0 fully saturated rings. The van der Waals surface area contributed by atoms with Gasteiger partial charge in [-0.2, -0.15) is 0 Å². The van der Waals surface area contributed by atoms with Crippen LogP contribution in [0, 0.1) is 13.8 Å². The van der Waals surface area contributed by atoms with E-state index in [0.717, 1.165) is 22.4 Å². The third kappa shape index (κ3) is 5.11. The van der Waals surface area contributed by atoms with Gasteiger partial charge in [0.05, 0.1) is 13.2 Å². The molecule has 1 amide bonds. The molecule has 0 radical (unpaired) electrons. The number of carbonyl (C=O) groups excluding carboxylic acids is 1. The molecule has 0 bridgehead atoms. The summed E-state index contributed by atoms with van der Waals surface area (Å²) in [6.45, 7) is 7.88. The van der Waals surface area contributed by atoms with Gasteiger partial charge in [0, 0.05) is 11.8 Å². The lowest BCUT2D eigenvalue weighted by molar-refractivity contribution is -0.111. The predicted octanol–water partition coefficient (Wildman–Crippen LogP) is 4.75. The summed E-state index contributed by atoms with van der Waals surface area (Å²) in [5, 5.41) is 2.93. The number of benzene rings is 2. The van der Waals surface area contributed by atoms with Crippen LogP contribution in [0.25, 0.3) is 6.08 Å². The molecule has 0 aliphatic heterocycles. The molecule has 0 spiro atoms. The largest absolute Gasteiger partial charge is 0.493 e. The highest BCUT2D eigenvalue weighted by molar-refractivity contribution is 6.02. The molecule has 0 heterocycles. The fraction of sp³-hybridized carbons (Fsp3) is 0.286. The number of para-hydroxylation sites is 1. The van der Waals surface area contributed by atoms with Crippen molar-refractivity contribution in [2.24, 2.45) is 0 Å². The first kappa shape index (κ1) is 18.6. The Bertz CT molecular complexity index is 758. The van der Waals surface area contributed by atoms with E-state index in [-0.39, 0.29) is 12.0 Å². The fourth-order valence-electron chi connectivity index (χ4n) is 2.49. The molecule has 0 atom stereocenters. The van der Waals surface area contributed by atoms with E-state index >= 15 is 0 Å². The monoisotopic (exact) mass is 339 g/mol. The van der Waals surface area contributed by atoms with Crippen molar-refractivity contribution >= 4 is 17.7 Å². The molecule has 132 valence electrons. The van der Waals surface area contributed by atoms with Crippen LogP contribution >= 0.6 is 0 Å². The Morgan fingerprint density at radius 1 is 1.08 bits per heavy atom. The maximum atomic E-state index is 12.2. The van der Waals surface area contributed by atoms with Crippen molar-refractivity contribution in [3.63, 3.8) is 0 Å². The fourth-order valence-corrected chi connectivity index (χ4v) is 2.49. The Balaban J connectivity index is 2.12. The predicted molar refractivity (Wildman–Crippen MR) is 102 cm³/mol. The summed E-state index contributed by atoms with van der Waals surface area (Å²) in [5.74, 6) is 1.17. The Labute approximate surface area is 149 Å². The summed E-state index contributed by atoms with van der Waals surface area (Å²) >= 11 is 0. The number of hydrogen-bond donors (Lipinski definition) is 1. The summed E-state index contributed by atoms with van der Waals surface area (Å²) in [5.41, 5.74) is 3.80. The van der Waals surface area contributed by atoms with Gasteiger partial charge in [0.25, 0.3) is 0 Å². The number of nitrogens with one attached hydrogen (secondary N) is 1. The van der Waals surface area contributed by atoms with Gasteiger partial charge in [-0.1, -0.05) is 24.3 Å². The molecule has 0 saturated carbocycles. The van der Waals surface area contributed by atoms with Gasteiger partial charge in [-0.05, 0) is 62.6 Å². The summed E-state index contributed by atoms with van der Waals surface area (Å²) in [4.78, 5) is 12.2. The molecule has 4 nitrogen and oxygen atoms in total. The summed E-state index contributed by atoms with van der Waals surface area (Å²) < 4.78 is 11.1. The first-order valence-electron chi connectivity index (χ1n) is 8.30. The Hall–Kier alpha value is -2.75. The molecule has 0 aromatic heterocycles. The standard InChI is InChI=1S/C21H25NO3/c1-14(2)25-18-11-9-17(13-19(18)24-5)10-12-20(23)22-21-15(3)7-6-8-16(21)4/h6-14H,1-5H3,(H,22,23). The number of amides is 1. The number of anilines is 1. The van der Waals surface area contributed by atoms with Crippen molar-refractivity contribution in [1.82, 2.24) is 0 Å². The zero-order chi connectivity index (χ0) is 18.4. The smallest absolute Gasteiger partial charge is 0.248 e. The van der Waals surface area contributed by atoms with Gasteiger partial charge < -0.3 is 14.8 Å². The van der Waals surface area contributed by atoms with Crippen LogP contribution in [-0.2, 0) is 4.79 Å². The van der Waals surface area contributed by atoms with Crippen LogP contribution in [0.5, 0.6) is 11.5 Å². The molecule has 25 heavy (non-hydrogen) atoms. The van der Waals surface area contributed by atoms with Crippen molar-refractivity contribution in [3.8, 4) is 11.5 Å². The highest BCUT2D eigenvalue weighted by Crippen LogP contribution is 2.29. The molecule has 2 rings (SSSR count). The van der Waals surface area contributed by atoms with E-state index < -0.39 is 0 Å². The minimum atomic E-state index is -0.168. The van der Waals surface area contributed by atoms with Gasteiger partial charge in [0.1, 0.15) is 0 Å². The van der Waals surface area contributed by atoms with Gasteiger partial charge in [0.15, 0.2) is 11.5 Å². The lowest BCUT2D eigenvalue weighted by atomic mass is 10.1. The highest BCUT2D eigenvalue weighted by atomic mass is 16.5. The van der Waals surface area contributed by atoms with Crippen molar-refractivity contribution in [2.45, 2.75) is 33.8 Å². The third-order valence-electron chi connectivity index (χ3n) is 3.71. The van der Waals surface area contributed by atoms with Crippen LogP contribution < -0.4 is 14.8 Å². The van der Waals surface area contributed by atoms with Crippen molar-refractivity contribution in [3.05, 3.63) is 59.2 Å². The van der Waals surface area contributed by atoms with Gasteiger partial charge in [-0.15, -0.1) is 0 Å². The van der Waals surface area contributed by atoms with E-state index in [9.17, 15) is 4.79 Å². The molecule has 0 saturated heterocycles. The number of aryl methyl sites for hydroxylation is 2. The van der Waals surface area contributed by atoms with Crippen LogP contribution in [0.2, 0.25) is 0 Å². The van der Waals surface area contributed by atoms with E-state index in [1.807, 2.05) is 64.1 Å². The Morgan fingerprint density at radius 3 is 2.36 bits per heavy atom. The van der Waals surface area contributed by atoms with E-state index in [4.69, 9.17) is 9.47 Å². The van der Waals surface area contributed by atoms with Crippen molar-refractivity contribution in [1.29, 1.82) is 0 Å². The number of carbonyl (C=O) groups is 1. The van der Waals surface area contributed by atoms with Gasteiger partial charge in [-0.3, -0.25) is 4.79 Å². The Morgan fingerprint density at radius 2 is 1.76 bits per heavy atom. The average Bonchev–Trinajstić information content (AvgIpc) is 2.57. The molecule has 0 unspecified atom stereocenters. The molecule has 2 aromatic rings. The summed E-state index contributed by atoms with van der Waals surface area (Å²) in [6.07, 6.45) is 3.34. The summed E-state index contributed by atoms with van der Waals surface area (Å²) in [6, 6.07) is 11.5. The zero-order valence-corrected chi connectivity index (χ0v) is 15.4. The molecule has 0 aliphatic rings. The Kier molecular flexibility index (Phi) is 6.23. The number of rotatable bonds is 6. The molecule has 0 aliphatic carbocycles. The van der Waals surface area contributed by atoms with Crippen LogP contribution in [0.1, 0.15) is 30.5 Å². The normalized spacial score (nSPS) is 11.0. The second-order valence-electron chi connectivity index (χ2n) is 6.17. The first-order chi connectivity index (χ1) is 11.9. The highest BCUT2D eigenvalue weighted by Gasteiger charge is 2.07. The van der Waals surface area contributed by atoms with E-state index in [1.54, 1.807) is 13.2 Å². The van der Waals surface area contributed by atoms with E-state index in [1.165, 1.54) is 6.08 Å². The van der Waals surface area contributed by atoms with Crippen molar-refractivity contribution < 1.29 is 14.3 Å². The van der Waals surface area contributed by atoms with E-state index in [0.29, 0.717) is 11.5 Å². The molecular weight excluding hydrogens is 314 g/mol. The average molecular weight is 339 g/mol. The van der Waals surface area contributed by atoms with Crippen LogP contribution in [0.3, 0.4) is 0 Å².